The number of hydrogen-bond acceptors (Lipinski definition) is 2. The van der Waals surface area contributed by atoms with Crippen molar-refractivity contribution in [3.63, 3.8) is 0 Å². The minimum Gasteiger partial charge on any atom is -0.361 e. The second kappa shape index (κ2) is 10.3. The SMILES string of the molecule is O=C1NC(Cc2c[nH]c3ccccc23)C(CCc2cc(C(F)(F)F)cc(C(F)(F)F)c2)N1Cc1ccncc1. The number of nitrogens with one attached hydrogen (secondary N) is 2. The van der Waals surface area contributed by atoms with Crippen molar-refractivity contribution in [2.45, 2.75) is 50.2 Å². The van der Waals surface area contributed by atoms with Gasteiger partial charge in [-0.15, -0.1) is 0 Å². The number of pyridine rings is 1. The summed E-state index contributed by atoms with van der Waals surface area (Å²) in [5, 5.41) is 3.96. The number of halogens is 6. The molecule has 39 heavy (non-hydrogen) atoms. The molecule has 2 aromatic carbocycles. The average Bonchev–Trinajstić information content (AvgIpc) is 3.42. The molecule has 1 aliphatic heterocycles. The molecule has 5 rings (SSSR count). The molecule has 11 heteroatoms. The highest BCUT2D eigenvalue weighted by Gasteiger charge is 2.40. The number of alkyl halides is 6. The van der Waals surface area contributed by atoms with Crippen molar-refractivity contribution in [1.82, 2.24) is 20.2 Å². The van der Waals surface area contributed by atoms with Gasteiger partial charge in [-0.3, -0.25) is 4.98 Å². The second-order valence-electron chi connectivity index (χ2n) is 9.62. The largest absolute Gasteiger partial charge is 0.416 e. The molecule has 0 bridgehead atoms. The van der Waals surface area contributed by atoms with Gasteiger partial charge in [0.25, 0.3) is 0 Å². The van der Waals surface area contributed by atoms with Gasteiger partial charge in [0.05, 0.1) is 23.2 Å². The van der Waals surface area contributed by atoms with Crippen LogP contribution in [0.3, 0.4) is 0 Å². The second-order valence-corrected chi connectivity index (χ2v) is 9.62. The van der Waals surface area contributed by atoms with Crippen molar-refractivity contribution in [2.75, 3.05) is 0 Å². The number of urea groups is 1. The zero-order valence-corrected chi connectivity index (χ0v) is 20.5. The third kappa shape index (κ3) is 5.86. The predicted octanol–water partition coefficient (Wildman–Crippen LogP) is 6.74. The van der Waals surface area contributed by atoms with Crippen LogP contribution in [0.4, 0.5) is 31.1 Å². The van der Waals surface area contributed by atoms with E-state index in [2.05, 4.69) is 15.3 Å². The van der Waals surface area contributed by atoms with E-state index in [0.717, 1.165) is 34.2 Å². The van der Waals surface area contributed by atoms with Crippen LogP contribution in [0.15, 0.2) is 73.2 Å². The molecule has 2 aromatic heterocycles. The van der Waals surface area contributed by atoms with E-state index in [4.69, 9.17) is 0 Å². The van der Waals surface area contributed by atoms with Crippen molar-refractivity contribution in [1.29, 1.82) is 0 Å². The molecule has 2 unspecified atom stereocenters. The number of hydrogen-bond donors (Lipinski definition) is 2. The van der Waals surface area contributed by atoms with Gasteiger partial charge in [-0.2, -0.15) is 26.3 Å². The number of rotatable bonds is 7. The maximum absolute atomic E-state index is 13.4. The monoisotopic (exact) mass is 546 g/mol. The Morgan fingerprint density at radius 2 is 1.54 bits per heavy atom. The summed E-state index contributed by atoms with van der Waals surface area (Å²) in [6, 6.07) is 11.5. The molecular formula is C28H24F6N4O. The third-order valence-corrected chi connectivity index (χ3v) is 7.03. The highest BCUT2D eigenvalue weighted by molar-refractivity contribution is 5.83. The molecule has 0 radical (unpaired) electrons. The van der Waals surface area contributed by atoms with Gasteiger partial charge < -0.3 is 15.2 Å². The highest BCUT2D eigenvalue weighted by atomic mass is 19.4. The average molecular weight is 547 g/mol. The van der Waals surface area contributed by atoms with Crippen LogP contribution in [0.25, 0.3) is 10.9 Å². The molecule has 2 N–H and O–H groups in total. The number of para-hydroxylation sites is 1. The Hall–Kier alpha value is -4.02. The predicted molar refractivity (Wildman–Crippen MR) is 133 cm³/mol. The lowest BCUT2D eigenvalue weighted by Crippen LogP contribution is -2.38. The Balaban J connectivity index is 1.45. The molecule has 4 aromatic rings. The summed E-state index contributed by atoms with van der Waals surface area (Å²) in [5.74, 6) is 0. The lowest BCUT2D eigenvalue weighted by Gasteiger charge is -2.27. The molecule has 0 aliphatic carbocycles. The first-order valence-electron chi connectivity index (χ1n) is 12.3. The topological polar surface area (TPSA) is 61.0 Å². The maximum Gasteiger partial charge on any atom is 0.416 e. The Bertz CT molecular complexity index is 1430. The van der Waals surface area contributed by atoms with Crippen molar-refractivity contribution in [2.24, 2.45) is 0 Å². The van der Waals surface area contributed by atoms with E-state index in [1.807, 2.05) is 30.5 Å². The molecule has 2 amide bonds. The van der Waals surface area contributed by atoms with Crippen LogP contribution >= 0.6 is 0 Å². The Morgan fingerprint density at radius 3 is 2.21 bits per heavy atom. The first-order valence-corrected chi connectivity index (χ1v) is 12.3. The molecule has 3 heterocycles. The quantitative estimate of drug-likeness (QED) is 0.252. The smallest absolute Gasteiger partial charge is 0.361 e. The number of carbonyl (C=O) groups is 1. The van der Waals surface area contributed by atoms with Crippen LogP contribution in [-0.2, 0) is 31.7 Å². The normalized spacial score (nSPS) is 18.1. The number of H-pyrrole nitrogens is 1. The molecule has 1 fully saturated rings. The van der Waals surface area contributed by atoms with Gasteiger partial charge in [0.15, 0.2) is 0 Å². The van der Waals surface area contributed by atoms with E-state index in [-0.39, 0.29) is 37.0 Å². The van der Waals surface area contributed by atoms with Gasteiger partial charge in [0.2, 0.25) is 0 Å². The van der Waals surface area contributed by atoms with Crippen LogP contribution in [0.1, 0.15) is 34.2 Å². The van der Waals surface area contributed by atoms with Gasteiger partial charge in [-0.25, -0.2) is 4.79 Å². The van der Waals surface area contributed by atoms with Gasteiger partial charge in [0.1, 0.15) is 0 Å². The van der Waals surface area contributed by atoms with Gasteiger partial charge >= 0.3 is 18.4 Å². The van der Waals surface area contributed by atoms with Crippen LogP contribution in [-0.4, -0.2) is 33.0 Å². The van der Waals surface area contributed by atoms with Crippen molar-refractivity contribution in [3.05, 3.63) is 101 Å². The molecule has 0 saturated carbocycles. The zero-order valence-electron chi connectivity index (χ0n) is 20.5. The number of carbonyl (C=O) groups excluding carboxylic acids is 1. The lowest BCUT2D eigenvalue weighted by atomic mass is 9.93. The van der Waals surface area contributed by atoms with Crippen molar-refractivity contribution in [3.8, 4) is 0 Å². The number of fused-ring (bicyclic) bond motifs is 1. The van der Waals surface area contributed by atoms with E-state index in [0.29, 0.717) is 6.42 Å². The van der Waals surface area contributed by atoms with Crippen LogP contribution in [0, 0.1) is 0 Å². The van der Waals surface area contributed by atoms with E-state index in [1.54, 1.807) is 29.4 Å². The molecule has 2 atom stereocenters. The molecule has 204 valence electrons. The summed E-state index contributed by atoms with van der Waals surface area (Å²) in [6.07, 6.45) is -4.31. The fourth-order valence-electron chi connectivity index (χ4n) is 5.14. The number of benzene rings is 2. The third-order valence-electron chi connectivity index (χ3n) is 7.03. The summed E-state index contributed by atoms with van der Waals surface area (Å²) in [6.45, 7) is 0.222. The van der Waals surface area contributed by atoms with Gasteiger partial charge in [-0.1, -0.05) is 18.2 Å². The van der Waals surface area contributed by atoms with Crippen LogP contribution in [0.2, 0.25) is 0 Å². The number of aromatic amines is 1. The lowest BCUT2D eigenvalue weighted by molar-refractivity contribution is -0.143. The molecule has 0 spiro atoms. The molecule has 5 nitrogen and oxygen atoms in total. The fraction of sp³-hybridized carbons (Fsp3) is 0.286. The Kier molecular flexibility index (Phi) is 7.00. The molecule has 1 aliphatic rings. The standard InChI is InChI=1S/C28H24F6N4O/c29-27(30,31)20-11-18(12-21(14-20)28(32,33)34)5-6-25-24(13-19-15-36-23-4-2-1-3-22(19)23)37-26(39)38(25)16-17-7-9-35-10-8-17/h1-4,7-12,14-15,24-25,36H,5-6,13,16H2,(H,37,39). The minimum absolute atomic E-state index is 0.0795. The fourth-order valence-corrected chi connectivity index (χ4v) is 5.14. The summed E-state index contributed by atoms with van der Waals surface area (Å²) >= 11 is 0. The first kappa shape index (κ1) is 26.6. The Morgan fingerprint density at radius 1 is 0.872 bits per heavy atom. The van der Waals surface area contributed by atoms with E-state index in [9.17, 15) is 31.1 Å². The number of nitrogens with zero attached hydrogens (tertiary/aromatic N) is 2. The van der Waals surface area contributed by atoms with E-state index in [1.165, 1.54) is 0 Å². The first-order chi connectivity index (χ1) is 18.5. The zero-order chi connectivity index (χ0) is 27.8. The van der Waals surface area contributed by atoms with Crippen LogP contribution < -0.4 is 5.32 Å². The summed E-state index contributed by atoms with van der Waals surface area (Å²) in [5.41, 5.74) is -0.118. The summed E-state index contributed by atoms with van der Waals surface area (Å²) in [4.78, 5) is 21.8. The number of aryl methyl sites for hydroxylation is 1. The maximum atomic E-state index is 13.4. The van der Waals surface area contributed by atoms with Crippen molar-refractivity contribution >= 4 is 16.9 Å². The van der Waals surface area contributed by atoms with Crippen molar-refractivity contribution < 1.29 is 31.1 Å². The summed E-state index contributed by atoms with van der Waals surface area (Å²) < 4.78 is 80.4. The molecular weight excluding hydrogens is 522 g/mol. The summed E-state index contributed by atoms with van der Waals surface area (Å²) in [7, 11) is 0. The van der Waals surface area contributed by atoms with E-state index < -0.39 is 35.6 Å². The highest BCUT2D eigenvalue weighted by Crippen LogP contribution is 2.37. The van der Waals surface area contributed by atoms with Gasteiger partial charge in [0, 0.05) is 36.0 Å². The van der Waals surface area contributed by atoms with Crippen LogP contribution in [0.5, 0.6) is 0 Å². The number of amides is 2. The Labute approximate surface area is 219 Å². The minimum atomic E-state index is -4.92. The number of aromatic nitrogens is 2. The van der Waals surface area contributed by atoms with E-state index >= 15 is 0 Å². The molecule has 1 saturated heterocycles. The van der Waals surface area contributed by atoms with Gasteiger partial charge in [-0.05, 0) is 72.4 Å².